The van der Waals surface area contributed by atoms with Crippen LogP contribution in [0, 0.1) is 10.1 Å². The molecule has 0 atom stereocenters. The Bertz CT molecular complexity index is 497. The number of nitro benzene ring substituents is 1. The Morgan fingerprint density at radius 3 is 1.65 bits per heavy atom. The zero-order valence-electron chi connectivity index (χ0n) is 12.8. The standard InChI is InChI=1S/C12H22N5O2P/c1-14(2)20(15(3)4,16(5)6)13-11-7-9-12(10-8-11)17(18)19/h7-10H,1-6H3. The van der Waals surface area contributed by atoms with E-state index in [9.17, 15) is 10.1 Å². The lowest BCUT2D eigenvalue weighted by Crippen LogP contribution is -2.30. The number of nitrogens with zero attached hydrogens (tertiary/aromatic N) is 5. The number of rotatable bonds is 5. The molecule has 0 amide bonds. The van der Waals surface area contributed by atoms with E-state index in [-0.39, 0.29) is 5.69 Å². The van der Waals surface area contributed by atoms with Crippen LogP contribution in [0.2, 0.25) is 0 Å². The Morgan fingerprint density at radius 2 is 1.35 bits per heavy atom. The molecule has 0 fully saturated rings. The Labute approximate surface area is 120 Å². The molecule has 1 rings (SSSR count). The van der Waals surface area contributed by atoms with Gasteiger partial charge in [-0.3, -0.25) is 24.1 Å². The predicted octanol–water partition coefficient (Wildman–Crippen LogP) is 2.86. The van der Waals surface area contributed by atoms with E-state index < -0.39 is 12.4 Å². The lowest BCUT2D eigenvalue weighted by Gasteiger charge is -2.40. The Kier molecular flexibility index (Phi) is 5.42. The summed E-state index contributed by atoms with van der Waals surface area (Å²) in [7, 11) is 9.91. The molecule has 8 heteroatoms. The monoisotopic (exact) mass is 299 g/mol. The number of non-ortho nitro benzene ring substituents is 1. The fourth-order valence-electron chi connectivity index (χ4n) is 2.14. The summed E-state index contributed by atoms with van der Waals surface area (Å²) in [4.78, 5) is 10.3. The third kappa shape index (κ3) is 3.24. The van der Waals surface area contributed by atoms with Gasteiger partial charge in [0.25, 0.3) is 5.69 Å². The van der Waals surface area contributed by atoms with Gasteiger partial charge >= 0.3 is 0 Å². The zero-order valence-corrected chi connectivity index (χ0v) is 13.7. The van der Waals surface area contributed by atoms with Crippen LogP contribution in [0.4, 0.5) is 11.4 Å². The zero-order chi connectivity index (χ0) is 15.5. The molecule has 0 heterocycles. The highest BCUT2D eigenvalue weighted by Crippen LogP contribution is 2.56. The van der Waals surface area contributed by atoms with Gasteiger partial charge in [0.05, 0.1) is 10.6 Å². The predicted molar refractivity (Wildman–Crippen MR) is 83.2 cm³/mol. The van der Waals surface area contributed by atoms with Crippen LogP contribution in [0.5, 0.6) is 0 Å². The quantitative estimate of drug-likeness (QED) is 0.475. The minimum atomic E-state index is -2.02. The van der Waals surface area contributed by atoms with Crippen molar-refractivity contribution >= 4 is 18.9 Å². The topological polar surface area (TPSA) is 65.2 Å². The van der Waals surface area contributed by atoms with Crippen molar-refractivity contribution in [1.29, 1.82) is 0 Å². The first kappa shape index (κ1) is 16.8. The molecule has 1 aromatic rings. The number of benzene rings is 1. The normalized spacial score (nSPS) is 12.2. The second kappa shape index (κ2) is 6.45. The van der Waals surface area contributed by atoms with Crippen LogP contribution in [0.1, 0.15) is 0 Å². The average molecular weight is 299 g/mol. The van der Waals surface area contributed by atoms with E-state index in [1.54, 1.807) is 12.1 Å². The molecule has 0 radical (unpaired) electrons. The highest BCUT2D eigenvalue weighted by atomic mass is 31.2. The molecule has 0 saturated heterocycles. The van der Waals surface area contributed by atoms with E-state index in [0.717, 1.165) is 5.69 Å². The van der Waals surface area contributed by atoms with E-state index in [4.69, 9.17) is 4.74 Å². The first-order valence-electron chi connectivity index (χ1n) is 6.12. The van der Waals surface area contributed by atoms with Gasteiger partial charge in [-0.25, -0.2) is 4.74 Å². The largest absolute Gasteiger partial charge is 0.269 e. The first-order chi connectivity index (χ1) is 9.21. The van der Waals surface area contributed by atoms with Crippen LogP contribution >= 0.6 is 7.51 Å². The summed E-state index contributed by atoms with van der Waals surface area (Å²) in [6.45, 7) is 0. The summed E-state index contributed by atoms with van der Waals surface area (Å²) >= 11 is 0. The van der Waals surface area contributed by atoms with Gasteiger partial charge in [0, 0.05) is 12.1 Å². The van der Waals surface area contributed by atoms with Crippen molar-refractivity contribution < 1.29 is 4.92 Å². The second-order valence-electron chi connectivity index (χ2n) is 4.95. The lowest BCUT2D eigenvalue weighted by atomic mass is 10.3. The van der Waals surface area contributed by atoms with Crippen molar-refractivity contribution in [1.82, 2.24) is 14.0 Å². The minimum Gasteiger partial charge on any atom is -0.258 e. The third-order valence-electron chi connectivity index (χ3n) is 2.92. The van der Waals surface area contributed by atoms with Crippen molar-refractivity contribution in [3.05, 3.63) is 34.4 Å². The van der Waals surface area contributed by atoms with Crippen LogP contribution in [0.15, 0.2) is 29.0 Å². The molecule has 0 aliphatic carbocycles. The maximum absolute atomic E-state index is 10.7. The summed E-state index contributed by atoms with van der Waals surface area (Å²) in [6.07, 6.45) is 0. The molecule has 0 saturated carbocycles. The van der Waals surface area contributed by atoms with Crippen molar-refractivity contribution in [2.24, 2.45) is 4.74 Å². The van der Waals surface area contributed by atoms with Gasteiger partial charge in [-0.05, 0) is 54.4 Å². The smallest absolute Gasteiger partial charge is 0.258 e. The molecule has 0 aliphatic heterocycles. The molecule has 112 valence electrons. The molecule has 20 heavy (non-hydrogen) atoms. The van der Waals surface area contributed by atoms with Gasteiger partial charge in [-0.1, -0.05) is 0 Å². The summed E-state index contributed by atoms with van der Waals surface area (Å²) in [5.74, 6) is 0. The molecule has 0 N–H and O–H groups in total. The molecule has 0 aliphatic rings. The summed E-state index contributed by atoms with van der Waals surface area (Å²) in [6, 6.07) is 6.33. The SMILES string of the molecule is CN(C)P(=Nc1ccc([N+](=O)[O-])cc1)(N(C)C)N(C)C. The van der Waals surface area contributed by atoms with E-state index in [1.807, 2.05) is 42.3 Å². The summed E-state index contributed by atoms with van der Waals surface area (Å²) < 4.78 is 11.1. The maximum Gasteiger partial charge on any atom is 0.269 e. The Balaban J connectivity index is 3.37. The minimum absolute atomic E-state index is 0.0763. The van der Waals surface area contributed by atoms with Crippen LogP contribution in [-0.2, 0) is 0 Å². The van der Waals surface area contributed by atoms with E-state index >= 15 is 0 Å². The van der Waals surface area contributed by atoms with Gasteiger partial charge in [-0.15, -0.1) is 0 Å². The van der Waals surface area contributed by atoms with Gasteiger partial charge in [0.2, 0.25) is 0 Å². The maximum atomic E-state index is 10.7. The molecule has 0 bridgehead atoms. The molecular weight excluding hydrogens is 277 g/mol. The van der Waals surface area contributed by atoms with Crippen LogP contribution in [-0.4, -0.2) is 61.2 Å². The second-order valence-corrected chi connectivity index (χ2v) is 8.63. The van der Waals surface area contributed by atoms with E-state index in [2.05, 4.69) is 14.0 Å². The van der Waals surface area contributed by atoms with Crippen LogP contribution < -0.4 is 0 Å². The van der Waals surface area contributed by atoms with Crippen molar-refractivity contribution in [2.75, 3.05) is 42.3 Å². The molecule has 0 spiro atoms. The van der Waals surface area contributed by atoms with Crippen molar-refractivity contribution in [3.8, 4) is 0 Å². The van der Waals surface area contributed by atoms with Crippen molar-refractivity contribution in [2.45, 2.75) is 0 Å². The summed E-state index contributed by atoms with van der Waals surface area (Å²) in [5, 5.41) is 10.7. The third-order valence-corrected chi connectivity index (χ3v) is 6.64. The highest BCUT2D eigenvalue weighted by molar-refractivity contribution is 7.59. The van der Waals surface area contributed by atoms with Gasteiger partial charge in [0.15, 0.2) is 7.51 Å². The van der Waals surface area contributed by atoms with Gasteiger partial charge < -0.3 is 0 Å². The molecular formula is C12H22N5O2P. The first-order valence-corrected chi connectivity index (χ1v) is 7.72. The molecule has 1 aromatic carbocycles. The molecule has 0 unspecified atom stereocenters. The van der Waals surface area contributed by atoms with Crippen molar-refractivity contribution in [3.63, 3.8) is 0 Å². The number of hydrogen-bond acceptors (Lipinski definition) is 3. The number of hydrogen-bond donors (Lipinski definition) is 0. The average Bonchev–Trinajstić information content (AvgIpc) is 2.35. The fraction of sp³-hybridized carbons (Fsp3) is 0.500. The number of nitro groups is 1. The van der Waals surface area contributed by atoms with E-state index in [1.165, 1.54) is 12.1 Å². The van der Waals surface area contributed by atoms with E-state index in [0.29, 0.717) is 0 Å². The summed E-state index contributed by atoms with van der Waals surface area (Å²) in [5.41, 5.74) is 0.812. The lowest BCUT2D eigenvalue weighted by molar-refractivity contribution is -0.384. The Morgan fingerprint density at radius 1 is 0.950 bits per heavy atom. The highest BCUT2D eigenvalue weighted by Gasteiger charge is 2.28. The van der Waals surface area contributed by atoms with Crippen LogP contribution in [0.3, 0.4) is 0 Å². The van der Waals surface area contributed by atoms with Gasteiger partial charge in [-0.2, -0.15) is 0 Å². The molecule has 0 aromatic heterocycles. The fourth-order valence-corrected chi connectivity index (χ4v) is 5.26. The van der Waals surface area contributed by atoms with Gasteiger partial charge in [0.1, 0.15) is 0 Å². The van der Waals surface area contributed by atoms with Crippen LogP contribution in [0.25, 0.3) is 0 Å². The Hall–Kier alpha value is -1.27. The molecule has 7 nitrogen and oxygen atoms in total.